The largest absolute Gasteiger partial charge is 0.495 e. The normalized spacial score (nSPS) is 11.4. The van der Waals surface area contributed by atoms with Crippen LogP contribution in [0.2, 0.25) is 5.02 Å². The number of nitrogens with zero attached hydrogens (tertiary/aromatic N) is 3. The Morgan fingerprint density at radius 1 is 1.05 bits per heavy atom. The van der Waals surface area contributed by atoms with Crippen molar-refractivity contribution >= 4 is 23.4 Å². The number of carbonyl (C=O) groups excluding carboxylic acids is 1. The van der Waals surface area contributed by atoms with E-state index in [9.17, 15) is 19.6 Å². The molecular formula is C29H22ClN3O5. The lowest BCUT2D eigenvalue weighted by molar-refractivity contribution is -0.121. The summed E-state index contributed by atoms with van der Waals surface area (Å²) in [6.45, 7) is 0. The topological polar surface area (TPSA) is 122 Å². The molecule has 1 atom stereocenters. The molecule has 8 nitrogen and oxygen atoms in total. The van der Waals surface area contributed by atoms with Crippen LogP contribution in [0.25, 0.3) is 11.1 Å². The Balaban J connectivity index is 1.78. The monoisotopic (exact) mass is 527 g/mol. The quantitative estimate of drug-likeness (QED) is 0.333. The van der Waals surface area contributed by atoms with Crippen LogP contribution in [0.1, 0.15) is 33.1 Å². The second kappa shape index (κ2) is 11.5. The highest BCUT2D eigenvalue weighted by Gasteiger charge is 2.25. The standard InChI is InChI=1S/C29H22ClN3O5/c1-38-27-17-33(28(35)15-24(27)23-14-22(30)7-6-21(23)16-31)25(12-19-8-10-32-11-9-19)26(34)13-18-2-4-20(5-3-18)29(36)37/h2-11,14-15,17,25H,12-13H2,1H3,(H,36,37). The maximum atomic E-state index is 13.6. The van der Waals surface area contributed by atoms with E-state index in [1.165, 1.54) is 36.1 Å². The third-order valence-corrected chi connectivity index (χ3v) is 6.36. The van der Waals surface area contributed by atoms with Crippen molar-refractivity contribution in [2.45, 2.75) is 18.9 Å². The van der Waals surface area contributed by atoms with E-state index in [4.69, 9.17) is 21.4 Å². The zero-order chi connectivity index (χ0) is 27.2. The summed E-state index contributed by atoms with van der Waals surface area (Å²) in [5.41, 5.74) is 2.22. The van der Waals surface area contributed by atoms with E-state index in [0.29, 0.717) is 33.0 Å². The number of pyridine rings is 2. The molecule has 2 heterocycles. The third-order valence-electron chi connectivity index (χ3n) is 6.12. The summed E-state index contributed by atoms with van der Waals surface area (Å²) in [5.74, 6) is -1.01. The fraction of sp³-hybridized carbons (Fsp3) is 0.138. The third kappa shape index (κ3) is 5.80. The number of carbonyl (C=O) groups is 2. The first-order valence-corrected chi connectivity index (χ1v) is 11.9. The molecule has 0 spiro atoms. The molecule has 190 valence electrons. The van der Waals surface area contributed by atoms with Crippen molar-refractivity contribution in [2.75, 3.05) is 7.11 Å². The highest BCUT2D eigenvalue weighted by atomic mass is 35.5. The SMILES string of the molecule is COc1cn(C(Cc2ccncc2)C(=O)Cc2ccc(C(=O)O)cc2)c(=O)cc1-c1cc(Cl)ccc1C#N. The highest BCUT2D eigenvalue weighted by Crippen LogP contribution is 2.33. The van der Waals surface area contributed by atoms with Crippen molar-refractivity contribution in [3.63, 3.8) is 0 Å². The second-order valence-electron chi connectivity index (χ2n) is 8.52. The number of aromatic nitrogens is 2. The van der Waals surface area contributed by atoms with Crippen LogP contribution in [-0.2, 0) is 17.6 Å². The molecule has 0 amide bonds. The molecule has 2 aromatic heterocycles. The van der Waals surface area contributed by atoms with Crippen molar-refractivity contribution in [3.8, 4) is 22.9 Å². The number of ketones is 1. The van der Waals surface area contributed by atoms with Crippen LogP contribution in [-0.4, -0.2) is 33.5 Å². The van der Waals surface area contributed by atoms with E-state index < -0.39 is 17.6 Å². The van der Waals surface area contributed by atoms with E-state index in [-0.39, 0.29) is 24.2 Å². The van der Waals surface area contributed by atoms with Crippen LogP contribution < -0.4 is 10.3 Å². The number of carboxylic acids is 1. The van der Waals surface area contributed by atoms with Crippen molar-refractivity contribution < 1.29 is 19.4 Å². The summed E-state index contributed by atoms with van der Waals surface area (Å²) in [5, 5.41) is 19.1. The van der Waals surface area contributed by atoms with E-state index in [1.54, 1.807) is 54.9 Å². The Labute approximate surface area is 223 Å². The fourth-order valence-corrected chi connectivity index (χ4v) is 4.35. The molecule has 0 bridgehead atoms. The molecule has 0 aliphatic heterocycles. The van der Waals surface area contributed by atoms with Gasteiger partial charge in [-0.15, -0.1) is 0 Å². The summed E-state index contributed by atoms with van der Waals surface area (Å²) in [7, 11) is 1.44. The molecule has 4 aromatic rings. The zero-order valence-corrected chi connectivity index (χ0v) is 21.1. The minimum Gasteiger partial charge on any atom is -0.495 e. The minimum absolute atomic E-state index is 0.0149. The lowest BCUT2D eigenvalue weighted by Gasteiger charge is -2.21. The zero-order valence-electron chi connectivity index (χ0n) is 20.3. The molecule has 0 saturated heterocycles. The van der Waals surface area contributed by atoms with E-state index in [2.05, 4.69) is 11.1 Å². The van der Waals surface area contributed by atoms with Gasteiger partial charge in [-0.05, 0) is 53.6 Å². The predicted molar refractivity (Wildman–Crippen MR) is 142 cm³/mol. The summed E-state index contributed by atoms with van der Waals surface area (Å²) >= 11 is 6.16. The van der Waals surface area contributed by atoms with Gasteiger partial charge in [0.2, 0.25) is 0 Å². The second-order valence-corrected chi connectivity index (χ2v) is 8.96. The minimum atomic E-state index is -1.06. The summed E-state index contributed by atoms with van der Waals surface area (Å²) in [6, 6.07) is 16.9. The average molecular weight is 528 g/mol. The van der Waals surface area contributed by atoms with Crippen LogP contribution in [0, 0.1) is 11.3 Å². The number of ether oxygens (including phenoxy) is 1. The van der Waals surface area contributed by atoms with Gasteiger partial charge in [0.15, 0.2) is 5.78 Å². The van der Waals surface area contributed by atoms with Gasteiger partial charge in [-0.25, -0.2) is 4.79 Å². The van der Waals surface area contributed by atoms with Crippen LogP contribution in [0.15, 0.2) is 84.0 Å². The summed E-state index contributed by atoms with van der Waals surface area (Å²) < 4.78 is 6.91. The molecule has 0 radical (unpaired) electrons. The van der Waals surface area contributed by atoms with Gasteiger partial charge < -0.3 is 14.4 Å². The van der Waals surface area contributed by atoms with Gasteiger partial charge >= 0.3 is 5.97 Å². The molecule has 1 N–H and O–H groups in total. The maximum Gasteiger partial charge on any atom is 0.335 e. The van der Waals surface area contributed by atoms with Crippen molar-refractivity contribution in [2.24, 2.45) is 0 Å². The first-order valence-electron chi connectivity index (χ1n) is 11.5. The van der Waals surface area contributed by atoms with Crippen molar-refractivity contribution in [1.29, 1.82) is 5.26 Å². The van der Waals surface area contributed by atoms with Crippen molar-refractivity contribution in [3.05, 3.63) is 117 Å². The lowest BCUT2D eigenvalue weighted by atomic mass is 9.96. The maximum absolute atomic E-state index is 13.6. The van der Waals surface area contributed by atoms with E-state index in [1.807, 2.05) is 0 Å². The number of methoxy groups -OCH3 is 1. The smallest absolute Gasteiger partial charge is 0.335 e. The number of Topliss-reactive ketones (excluding diaryl/α,β-unsaturated/α-hetero) is 1. The van der Waals surface area contributed by atoms with Gasteiger partial charge in [-0.1, -0.05) is 23.7 Å². The molecule has 0 saturated carbocycles. The van der Waals surface area contributed by atoms with Gasteiger partial charge in [0.1, 0.15) is 5.75 Å². The molecule has 0 aliphatic carbocycles. The van der Waals surface area contributed by atoms with E-state index in [0.717, 1.165) is 5.56 Å². The first kappa shape index (κ1) is 26.3. The number of hydrogen-bond donors (Lipinski definition) is 1. The van der Waals surface area contributed by atoms with Crippen LogP contribution in [0.3, 0.4) is 0 Å². The number of nitriles is 1. The Morgan fingerprint density at radius 3 is 2.39 bits per heavy atom. The summed E-state index contributed by atoms with van der Waals surface area (Å²) in [4.78, 5) is 42.2. The number of carboxylic acid groups (broad SMARTS) is 1. The molecule has 1 unspecified atom stereocenters. The Bertz CT molecular complexity index is 1590. The van der Waals surface area contributed by atoms with Crippen molar-refractivity contribution in [1.82, 2.24) is 9.55 Å². The Morgan fingerprint density at radius 2 is 1.76 bits per heavy atom. The molecule has 4 rings (SSSR count). The average Bonchev–Trinajstić information content (AvgIpc) is 2.92. The first-order chi connectivity index (χ1) is 18.3. The van der Waals surface area contributed by atoms with Gasteiger partial charge in [0, 0.05) is 47.5 Å². The number of benzene rings is 2. The molecular weight excluding hydrogens is 506 g/mol. The number of halogens is 1. The van der Waals surface area contributed by atoms with Gasteiger partial charge in [-0.3, -0.25) is 14.6 Å². The van der Waals surface area contributed by atoms with Crippen LogP contribution in [0.4, 0.5) is 0 Å². The number of rotatable bonds is 9. The fourth-order valence-electron chi connectivity index (χ4n) is 4.18. The van der Waals surface area contributed by atoms with Gasteiger partial charge in [0.25, 0.3) is 5.56 Å². The van der Waals surface area contributed by atoms with Crippen LogP contribution in [0.5, 0.6) is 5.75 Å². The molecule has 9 heteroatoms. The van der Waals surface area contributed by atoms with E-state index >= 15 is 0 Å². The van der Waals surface area contributed by atoms with Gasteiger partial charge in [0.05, 0.1) is 36.5 Å². The molecule has 0 fully saturated rings. The predicted octanol–water partition coefficient (Wildman–Crippen LogP) is 4.74. The number of hydrogen-bond acceptors (Lipinski definition) is 6. The highest BCUT2D eigenvalue weighted by molar-refractivity contribution is 6.31. The Kier molecular flexibility index (Phi) is 8.00. The van der Waals surface area contributed by atoms with Gasteiger partial charge in [-0.2, -0.15) is 5.26 Å². The van der Waals surface area contributed by atoms with Crippen LogP contribution >= 0.6 is 11.6 Å². The molecule has 0 aliphatic rings. The lowest BCUT2D eigenvalue weighted by Crippen LogP contribution is -2.32. The number of aromatic carboxylic acids is 1. The Hall–Kier alpha value is -4.74. The molecule has 2 aromatic carbocycles. The summed E-state index contributed by atoms with van der Waals surface area (Å²) in [6.07, 6.45) is 4.89. The molecule has 38 heavy (non-hydrogen) atoms.